The van der Waals surface area contributed by atoms with Crippen molar-refractivity contribution in [3.63, 3.8) is 0 Å². The minimum atomic E-state index is 0.0661. The number of amides is 1. The van der Waals surface area contributed by atoms with Crippen molar-refractivity contribution in [2.75, 3.05) is 26.2 Å². The molecule has 1 fully saturated rings. The molecular formula is C21H27N3O2. The number of hydrogen-bond donors (Lipinski definition) is 1. The van der Waals surface area contributed by atoms with Gasteiger partial charge >= 0.3 is 0 Å². The molecule has 5 nitrogen and oxygen atoms in total. The Balaban J connectivity index is 1.47. The fraction of sp³-hybridized carbons (Fsp3) is 0.476. The molecule has 0 aliphatic carbocycles. The van der Waals surface area contributed by atoms with Crippen LogP contribution in [-0.4, -0.2) is 59.0 Å². The second-order valence-corrected chi connectivity index (χ2v) is 7.56. The van der Waals surface area contributed by atoms with E-state index in [-0.39, 0.29) is 12.0 Å². The first-order chi connectivity index (χ1) is 12.6. The number of likely N-dealkylation sites (tertiary alicyclic amines) is 1. The Hall–Kier alpha value is -2.27. The van der Waals surface area contributed by atoms with Gasteiger partial charge in [-0.3, -0.25) is 9.69 Å². The van der Waals surface area contributed by atoms with Crippen LogP contribution in [0.15, 0.2) is 36.4 Å². The first kappa shape index (κ1) is 17.2. The first-order valence-electron chi connectivity index (χ1n) is 9.58. The van der Waals surface area contributed by atoms with Gasteiger partial charge in [-0.1, -0.05) is 12.2 Å². The van der Waals surface area contributed by atoms with E-state index in [1.807, 2.05) is 29.2 Å². The molecule has 2 aliphatic heterocycles. The number of hydrogen-bond acceptors (Lipinski definition) is 3. The highest BCUT2D eigenvalue weighted by Gasteiger charge is 2.25. The number of aromatic nitrogens is 1. The smallest absolute Gasteiger partial charge is 0.270 e. The van der Waals surface area contributed by atoms with Crippen molar-refractivity contribution >= 4 is 16.8 Å². The maximum atomic E-state index is 12.7. The molecule has 1 atom stereocenters. The Labute approximate surface area is 154 Å². The van der Waals surface area contributed by atoms with Crippen LogP contribution in [0.2, 0.25) is 0 Å². The topological polar surface area (TPSA) is 48.6 Å². The zero-order valence-corrected chi connectivity index (χ0v) is 15.6. The lowest BCUT2D eigenvalue weighted by Crippen LogP contribution is -2.33. The summed E-state index contributed by atoms with van der Waals surface area (Å²) in [5.41, 5.74) is 1.63. The summed E-state index contributed by atoms with van der Waals surface area (Å²) < 4.78 is 6.19. The second kappa shape index (κ2) is 7.16. The predicted octanol–water partition coefficient (Wildman–Crippen LogP) is 3.43. The summed E-state index contributed by atoms with van der Waals surface area (Å²) in [6, 6.07) is 8.55. The molecule has 0 radical (unpaired) electrons. The van der Waals surface area contributed by atoms with E-state index in [4.69, 9.17) is 4.74 Å². The van der Waals surface area contributed by atoms with Crippen LogP contribution in [0, 0.1) is 0 Å². The number of carbonyl (C=O) groups excluding carboxylic acids is 1. The van der Waals surface area contributed by atoms with E-state index in [1.54, 1.807) is 0 Å². The minimum Gasteiger partial charge on any atom is -0.489 e. The van der Waals surface area contributed by atoms with Gasteiger partial charge in [0.1, 0.15) is 17.5 Å². The number of H-pyrrole nitrogens is 1. The van der Waals surface area contributed by atoms with E-state index < -0.39 is 0 Å². The maximum absolute atomic E-state index is 12.7. The summed E-state index contributed by atoms with van der Waals surface area (Å²) in [6.07, 6.45) is 6.42. The van der Waals surface area contributed by atoms with Crippen LogP contribution in [0.3, 0.4) is 0 Å². The largest absolute Gasteiger partial charge is 0.489 e. The Morgan fingerprint density at radius 1 is 1.23 bits per heavy atom. The molecule has 1 saturated heterocycles. The third kappa shape index (κ3) is 3.49. The van der Waals surface area contributed by atoms with Crippen LogP contribution in [0.1, 0.15) is 37.2 Å². The van der Waals surface area contributed by atoms with Gasteiger partial charge in [-0.2, -0.15) is 0 Å². The Morgan fingerprint density at radius 3 is 2.85 bits per heavy atom. The quantitative estimate of drug-likeness (QED) is 0.857. The zero-order chi connectivity index (χ0) is 18.1. The molecule has 2 aromatic rings. The zero-order valence-electron chi connectivity index (χ0n) is 15.6. The van der Waals surface area contributed by atoms with E-state index in [1.165, 1.54) is 0 Å². The van der Waals surface area contributed by atoms with Crippen LogP contribution in [0.4, 0.5) is 0 Å². The number of aromatic amines is 1. The van der Waals surface area contributed by atoms with Gasteiger partial charge in [-0.25, -0.2) is 0 Å². The number of rotatable bonds is 4. The molecular weight excluding hydrogens is 326 g/mol. The molecule has 0 saturated carbocycles. The van der Waals surface area contributed by atoms with E-state index in [2.05, 4.69) is 35.9 Å². The Morgan fingerprint density at radius 2 is 2.12 bits per heavy atom. The third-order valence-electron chi connectivity index (χ3n) is 5.38. The molecule has 26 heavy (non-hydrogen) atoms. The normalized spacial score (nSPS) is 21.0. The average molecular weight is 353 g/mol. The highest BCUT2D eigenvalue weighted by atomic mass is 16.5. The van der Waals surface area contributed by atoms with Gasteiger partial charge in [0.05, 0.1) is 0 Å². The van der Waals surface area contributed by atoms with Gasteiger partial charge < -0.3 is 14.6 Å². The van der Waals surface area contributed by atoms with Crippen LogP contribution in [0.25, 0.3) is 10.9 Å². The van der Waals surface area contributed by atoms with E-state index >= 15 is 0 Å². The van der Waals surface area contributed by atoms with Crippen LogP contribution >= 0.6 is 0 Å². The van der Waals surface area contributed by atoms with Crippen LogP contribution in [-0.2, 0) is 0 Å². The van der Waals surface area contributed by atoms with E-state index in [0.717, 1.165) is 49.1 Å². The maximum Gasteiger partial charge on any atom is 0.270 e. The lowest BCUT2D eigenvalue weighted by molar-refractivity contribution is 0.0766. The van der Waals surface area contributed by atoms with E-state index in [0.29, 0.717) is 18.3 Å². The van der Waals surface area contributed by atoms with Gasteiger partial charge in [-0.05, 0) is 51.0 Å². The molecule has 1 amide bonds. The van der Waals surface area contributed by atoms with Crippen molar-refractivity contribution < 1.29 is 9.53 Å². The first-order valence-corrected chi connectivity index (χ1v) is 9.58. The molecule has 1 aromatic heterocycles. The molecule has 138 valence electrons. The number of benzene rings is 1. The predicted molar refractivity (Wildman–Crippen MR) is 104 cm³/mol. The summed E-state index contributed by atoms with van der Waals surface area (Å²) in [5.74, 6) is 0.948. The Kier molecular flexibility index (Phi) is 4.72. The van der Waals surface area contributed by atoms with Crippen LogP contribution < -0.4 is 4.74 Å². The molecule has 0 spiro atoms. The van der Waals surface area contributed by atoms with Crippen molar-refractivity contribution in [3.05, 3.63) is 42.1 Å². The van der Waals surface area contributed by atoms with Gasteiger partial charge in [0.2, 0.25) is 0 Å². The van der Waals surface area contributed by atoms with Crippen molar-refractivity contribution in [2.45, 2.75) is 38.8 Å². The monoisotopic (exact) mass is 353 g/mol. The molecule has 1 unspecified atom stereocenters. The number of ether oxygens (including phenoxy) is 1. The fourth-order valence-electron chi connectivity index (χ4n) is 3.81. The molecule has 1 N–H and O–H groups in total. The van der Waals surface area contributed by atoms with Crippen molar-refractivity contribution in [2.24, 2.45) is 0 Å². The van der Waals surface area contributed by atoms with Crippen molar-refractivity contribution in [3.8, 4) is 5.75 Å². The highest BCUT2D eigenvalue weighted by molar-refractivity contribution is 5.98. The number of nitrogens with zero attached hydrogens (tertiary/aromatic N) is 2. The third-order valence-corrected chi connectivity index (χ3v) is 5.38. The number of carbonyl (C=O) groups is 1. The van der Waals surface area contributed by atoms with Gasteiger partial charge in [0, 0.05) is 43.1 Å². The Bertz CT molecular complexity index is 824. The molecule has 1 aromatic carbocycles. The molecule has 4 rings (SSSR count). The molecule has 5 heteroatoms. The van der Waals surface area contributed by atoms with Gasteiger partial charge in [0.15, 0.2) is 0 Å². The van der Waals surface area contributed by atoms with E-state index in [9.17, 15) is 4.79 Å². The number of fused-ring (bicyclic) bond motifs is 1. The number of nitrogens with one attached hydrogen (secondary N) is 1. The average Bonchev–Trinajstić information content (AvgIpc) is 3.28. The lowest BCUT2D eigenvalue weighted by atomic mass is 10.2. The molecule has 3 heterocycles. The minimum absolute atomic E-state index is 0.0661. The van der Waals surface area contributed by atoms with Crippen LogP contribution in [0.5, 0.6) is 5.75 Å². The summed E-state index contributed by atoms with van der Waals surface area (Å²) in [4.78, 5) is 20.2. The summed E-state index contributed by atoms with van der Waals surface area (Å²) in [5, 5.41) is 1.03. The lowest BCUT2D eigenvalue weighted by Gasteiger charge is -2.22. The van der Waals surface area contributed by atoms with Gasteiger partial charge in [-0.15, -0.1) is 0 Å². The molecule has 0 bridgehead atoms. The van der Waals surface area contributed by atoms with Crippen molar-refractivity contribution in [1.82, 2.24) is 14.8 Å². The highest BCUT2D eigenvalue weighted by Crippen LogP contribution is 2.25. The second-order valence-electron chi connectivity index (χ2n) is 7.56. The SMILES string of the molecule is CC(C)N1CCC(Oc2ccc3[nH]c(C(=O)N4CC=CCC4)cc3c2)C1. The fourth-order valence-corrected chi connectivity index (χ4v) is 3.81. The van der Waals surface area contributed by atoms with Gasteiger partial charge in [0.25, 0.3) is 5.91 Å². The molecule has 2 aliphatic rings. The summed E-state index contributed by atoms with van der Waals surface area (Å²) >= 11 is 0. The summed E-state index contributed by atoms with van der Waals surface area (Å²) in [6.45, 7) is 8.01. The summed E-state index contributed by atoms with van der Waals surface area (Å²) in [7, 11) is 0. The standard InChI is InChI=1S/C21H27N3O2/c1-15(2)24-11-8-18(14-24)26-17-6-7-19-16(12-17)13-20(22-19)21(25)23-9-4-3-5-10-23/h3-4,6-7,12-13,15,18,22H,5,8-11,14H2,1-2H3. The van der Waals surface area contributed by atoms with Crippen molar-refractivity contribution in [1.29, 1.82) is 0 Å².